The van der Waals surface area contributed by atoms with Crippen LogP contribution in [0.5, 0.6) is 0 Å². The number of aromatic nitrogens is 2. The molecule has 0 aromatic carbocycles. The molecule has 1 unspecified atom stereocenters. The molecule has 0 bridgehead atoms. The summed E-state index contributed by atoms with van der Waals surface area (Å²) in [4.78, 5) is 8.72. The van der Waals surface area contributed by atoms with E-state index in [0.29, 0.717) is 17.0 Å². The molecule has 1 aliphatic carbocycles. The van der Waals surface area contributed by atoms with E-state index in [4.69, 9.17) is 16.7 Å². The van der Waals surface area contributed by atoms with Crippen molar-refractivity contribution in [2.75, 3.05) is 18.5 Å². The van der Waals surface area contributed by atoms with Crippen LogP contribution in [0.1, 0.15) is 44.3 Å². The number of aliphatic hydroxyl groups excluding tert-OH is 1. The minimum absolute atomic E-state index is 0.255. The second-order valence-electron chi connectivity index (χ2n) is 5.07. The van der Waals surface area contributed by atoms with Gasteiger partial charge in [0.2, 0.25) is 0 Å². The van der Waals surface area contributed by atoms with Gasteiger partial charge in [-0.2, -0.15) is 0 Å². The van der Waals surface area contributed by atoms with Gasteiger partial charge in [0.15, 0.2) is 0 Å². The third kappa shape index (κ3) is 4.10. The molecule has 1 aromatic rings. The highest BCUT2D eigenvalue weighted by Crippen LogP contribution is 2.38. The molecule has 0 aliphatic heterocycles. The first-order valence-corrected chi connectivity index (χ1v) is 6.96. The monoisotopic (exact) mass is 269 g/mol. The predicted molar refractivity (Wildman–Crippen MR) is 73.0 cm³/mol. The van der Waals surface area contributed by atoms with E-state index in [1.807, 2.05) is 6.92 Å². The van der Waals surface area contributed by atoms with Crippen molar-refractivity contribution >= 4 is 17.4 Å². The van der Waals surface area contributed by atoms with Crippen LogP contribution in [0, 0.1) is 5.92 Å². The molecule has 1 heterocycles. The van der Waals surface area contributed by atoms with Crippen LogP contribution in [-0.2, 0) is 0 Å². The average Bonchev–Trinajstić information content (AvgIpc) is 3.17. The molecular weight excluding hydrogens is 250 g/mol. The Morgan fingerprint density at radius 1 is 1.50 bits per heavy atom. The van der Waals surface area contributed by atoms with Gasteiger partial charge in [-0.1, -0.05) is 18.5 Å². The van der Waals surface area contributed by atoms with Crippen molar-refractivity contribution in [3.63, 3.8) is 0 Å². The highest BCUT2D eigenvalue weighted by atomic mass is 35.5. The first-order chi connectivity index (χ1) is 8.69. The van der Waals surface area contributed by atoms with Gasteiger partial charge >= 0.3 is 0 Å². The summed E-state index contributed by atoms with van der Waals surface area (Å²) in [7, 11) is 0. The van der Waals surface area contributed by atoms with Gasteiger partial charge in [-0.15, -0.1) is 0 Å². The van der Waals surface area contributed by atoms with Crippen LogP contribution >= 0.6 is 11.6 Å². The number of rotatable bonds is 7. The van der Waals surface area contributed by atoms with E-state index in [2.05, 4.69) is 15.3 Å². The van der Waals surface area contributed by atoms with Gasteiger partial charge in [-0.3, -0.25) is 0 Å². The molecule has 0 amide bonds. The minimum atomic E-state index is 0.255. The van der Waals surface area contributed by atoms with Crippen LogP contribution in [0.25, 0.3) is 0 Å². The third-order valence-corrected chi connectivity index (χ3v) is 3.34. The van der Waals surface area contributed by atoms with Gasteiger partial charge < -0.3 is 10.4 Å². The fourth-order valence-electron chi connectivity index (χ4n) is 1.81. The Hall–Kier alpha value is -0.870. The molecule has 1 saturated carbocycles. The Kier molecular flexibility index (Phi) is 4.78. The Labute approximate surface area is 113 Å². The molecule has 1 aliphatic rings. The zero-order valence-electron chi connectivity index (χ0n) is 10.7. The number of aliphatic hydroxyl groups is 1. The summed E-state index contributed by atoms with van der Waals surface area (Å²) in [6, 6.07) is 1.77. The van der Waals surface area contributed by atoms with Gasteiger partial charge in [0.1, 0.15) is 16.8 Å². The standard InChI is InChI=1S/C13H20ClN3O/c1-9(8-18)3-2-6-15-12-7-11(14)16-13(17-12)10-4-5-10/h7,9-10,18H,2-6,8H2,1H3,(H,15,16,17). The van der Waals surface area contributed by atoms with Crippen molar-refractivity contribution in [2.45, 2.75) is 38.5 Å². The Morgan fingerprint density at radius 3 is 2.94 bits per heavy atom. The lowest BCUT2D eigenvalue weighted by atomic mass is 10.1. The molecule has 0 spiro atoms. The van der Waals surface area contributed by atoms with Crippen LogP contribution in [0.3, 0.4) is 0 Å². The van der Waals surface area contributed by atoms with Gasteiger partial charge in [0, 0.05) is 25.1 Å². The Balaban J connectivity index is 1.81. The van der Waals surface area contributed by atoms with Crippen LogP contribution in [-0.4, -0.2) is 28.2 Å². The van der Waals surface area contributed by atoms with Crippen LogP contribution in [0.2, 0.25) is 5.15 Å². The largest absolute Gasteiger partial charge is 0.396 e. The van der Waals surface area contributed by atoms with Gasteiger partial charge in [-0.25, -0.2) is 9.97 Å². The van der Waals surface area contributed by atoms with Crippen molar-refractivity contribution in [1.82, 2.24) is 9.97 Å². The van der Waals surface area contributed by atoms with E-state index in [0.717, 1.165) is 31.0 Å². The lowest BCUT2D eigenvalue weighted by Crippen LogP contribution is -2.08. The van der Waals surface area contributed by atoms with Gasteiger partial charge in [0.05, 0.1) is 0 Å². The fraction of sp³-hybridized carbons (Fsp3) is 0.692. The smallest absolute Gasteiger partial charge is 0.135 e. The van der Waals surface area contributed by atoms with Crippen molar-refractivity contribution in [1.29, 1.82) is 0 Å². The van der Waals surface area contributed by atoms with Crippen LogP contribution in [0.4, 0.5) is 5.82 Å². The molecule has 1 atom stereocenters. The second kappa shape index (κ2) is 6.34. The summed E-state index contributed by atoms with van der Waals surface area (Å²) >= 11 is 5.98. The first-order valence-electron chi connectivity index (χ1n) is 6.58. The first kappa shape index (κ1) is 13.6. The van der Waals surface area contributed by atoms with Crippen LogP contribution < -0.4 is 5.32 Å². The quantitative estimate of drug-likeness (QED) is 0.590. The SMILES string of the molecule is CC(CO)CCCNc1cc(Cl)nc(C2CC2)n1. The maximum absolute atomic E-state index is 8.93. The second-order valence-corrected chi connectivity index (χ2v) is 5.45. The number of anilines is 1. The van der Waals surface area contributed by atoms with E-state index >= 15 is 0 Å². The predicted octanol–water partition coefficient (Wildman–Crippen LogP) is 2.83. The molecule has 1 fully saturated rings. The van der Waals surface area contributed by atoms with Crippen molar-refractivity contribution < 1.29 is 5.11 Å². The molecule has 2 rings (SSSR count). The lowest BCUT2D eigenvalue weighted by Gasteiger charge is -2.09. The van der Waals surface area contributed by atoms with Crippen molar-refractivity contribution in [3.05, 3.63) is 17.0 Å². The van der Waals surface area contributed by atoms with Gasteiger partial charge in [-0.05, 0) is 31.6 Å². The maximum Gasteiger partial charge on any atom is 0.135 e. The van der Waals surface area contributed by atoms with Crippen molar-refractivity contribution in [3.8, 4) is 0 Å². The molecule has 5 heteroatoms. The van der Waals surface area contributed by atoms with E-state index in [1.54, 1.807) is 6.07 Å². The molecule has 100 valence electrons. The third-order valence-electron chi connectivity index (χ3n) is 3.15. The average molecular weight is 270 g/mol. The van der Waals surface area contributed by atoms with E-state index in [-0.39, 0.29) is 6.61 Å². The molecular formula is C13H20ClN3O. The number of hydrogen-bond acceptors (Lipinski definition) is 4. The zero-order chi connectivity index (χ0) is 13.0. The zero-order valence-corrected chi connectivity index (χ0v) is 11.5. The molecule has 1 aromatic heterocycles. The molecule has 18 heavy (non-hydrogen) atoms. The number of hydrogen-bond donors (Lipinski definition) is 2. The Bertz CT molecular complexity index is 396. The maximum atomic E-state index is 8.93. The molecule has 2 N–H and O–H groups in total. The molecule has 4 nitrogen and oxygen atoms in total. The summed E-state index contributed by atoms with van der Waals surface area (Å²) in [5.74, 6) is 2.56. The van der Waals surface area contributed by atoms with E-state index < -0.39 is 0 Å². The Morgan fingerprint density at radius 2 is 2.28 bits per heavy atom. The van der Waals surface area contributed by atoms with Crippen molar-refractivity contribution in [2.24, 2.45) is 5.92 Å². The number of halogens is 1. The minimum Gasteiger partial charge on any atom is -0.396 e. The molecule has 0 saturated heterocycles. The topological polar surface area (TPSA) is 58.0 Å². The summed E-state index contributed by atoms with van der Waals surface area (Å²) in [5.41, 5.74) is 0. The normalized spacial score (nSPS) is 16.6. The molecule has 0 radical (unpaired) electrons. The fourth-order valence-corrected chi connectivity index (χ4v) is 2.00. The lowest BCUT2D eigenvalue weighted by molar-refractivity contribution is 0.229. The van der Waals surface area contributed by atoms with Gasteiger partial charge in [0.25, 0.3) is 0 Å². The highest BCUT2D eigenvalue weighted by Gasteiger charge is 2.27. The highest BCUT2D eigenvalue weighted by molar-refractivity contribution is 6.29. The number of nitrogens with one attached hydrogen (secondary N) is 1. The summed E-state index contributed by atoms with van der Waals surface area (Å²) < 4.78 is 0. The summed E-state index contributed by atoms with van der Waals surface area (Å²) in [5, 5.41) is 12.7. The van der Waals surface area contributed by atoms with E-state index in [1.165, 1.54) is 12.8 Å². The van der Waals surface area contributed by atoms with E-state index in [9.17, 15) is 0 Å². The van der Waals surface area contributed by atoms with Crippen LogP contribution in [0.15, 0.2) is 6.07 Å². The summed E-state index contributed by atoms with van der Waals surface area (Å²) in [6.45, 7) is 3.15. The number of nitrogens with zero attached hydrogens (tertiary/aromatic N) is 2. The summed E-state index contributed by atoms with van der Waals surface area (Å²) in [6.07, 6.45) is 4.38.